The van der Waals surface area contributed by atoms with E-state index in [4.69, 9.17) is 0 Å². The van der Waals surface area contributed by atoms with Crippen molar-refractivity contribution in [1.29, 1.82) is 0 Å². The smallest absolute Gasteiger partial charge is 0.321 e. The van der Waals surface area contributed by atoms with Crippen LogP contribution in [0.15, 0.2) is 24.3 Å². The fraction of sp³-hybridized carbons (Fsp3) is 0.591. The van der Waals surface area contributed by atoms with Crippen molar-refractivity contribution in [2.75, 3.05) is 18.4 Å². The number of benzene rings is 1. The van der Waals surface area contributed by atoms with E-state index in [9.17, 15) is 14.4 Å². The van der Waals surface area contributed by atoms with Crippen LogP contribution in [0.1, 0.15) is 57.9 Å². The third-order valence-corrected chi connectivity index (χ3v) is 5.38. The summed E-state index contributed by atoms with van der Waals surface area (Å²) in [5.41, 5.74) is 1.74. The molecule has 4 amide bonds. The summed E-state index contributed by atoms with van der Waals surface area (Å²) >= 11 is 0. The average Bonchev–Trinajstić information content (AvgIpc) is 2.69. The van der Waals surface area contributed by atoms with E-state index in [-0.39, 0.29) is 18.5 Å². The molecule has 160 valence electrons. The first-order chi connectivity index (χ1) is 13.9. The number of anilines is 1. The van der Waals surface area contributed by atoms with Crippen LogP contribution in [0.4, 0.5) is 10.5 Å². The number of para-hydroxylation sites is 1. The number of rotatable bonds is 8. The first kappa shape index (κ1) is 22.9. The Kier molecular flexibility index (Phi) is 9.12. The van der Waals surface area contributed by atoms with Gasteiger partial charge in [-0.1, -0.05) is 44.4 Å². The topological polar surface area (TPSA) is 90.5 Å². The fourth-order valence-corrected chi connectivity index (χ4v) is 3.63. The summed E-state index contributed by atoms with van der Waals surface area (Å²) in [5, 5.41) is 8.22. The minimum atomic E-state index is -0.588. The summed E-state index contributed by atoms with van der Waals surface area (Å²) in [6.45, 7) is 6.31. The van der Waals surface area contributed by atoms with E-state index in [1.165, 1.54) is 6.42 Å². The van der Waals surface area contributed by atoms with E-state index in [1.54, 1.807) is 11.8 Å². The molecule has 0 saturated heterocycles. The van der Waals surface area contributed by atoms with Gasteiger partial charge in [0.2, 0.25) is 11.8 Å². The van der Waals surface area contributed by atoms with E-state index in [0.717, 1.165) is 43.4 Å². The molecule has 7 nitrogen and oxygen atoms in total. The number of imide groups is 1. The van der Waals surface area contributed by atoms with Gasteiger partial charge in [0, 0.05) is 11.7 Å². The van der Waals surface area contributed by atoms with E-state index in [2.05, 4.69) is 16.0 Å². The molecule has 0 spiro atoms. The molecule has 0 heterocycles. The molecule has 7 heteroatoms. The molecule has 29 heavy (non-hydrogen) atoms. The van der Waals surface area contributed by atoms with E-state index >= 15 is 0 Å². The SMILES string of the molecule is CCCN(CC(=O)Nc1ccccc1C)C(C)C(=O)NC(=O)NC1CCCCC1. The van der Waals surface area contributed by atoms with Crippen LogP contribution in [-0.2, 0) is 9.59 Å². The van der Waals surface area contributed by atoms with Crippen LogP contribution in [0.25, 0.3) is 0 Å². The Hall–Kier alpha value is -2.41. The standard InChI is InChI=1S/C22H34N4O3/c1-4-14-26(15-20(27)24-19-13-9-8-10-16(19)2)17(3)21(28)25-22(29)23-18-11-6-5-7-12-18/h8-10,13,17-18H,4-7,11-12,14-15H2,1-3H3,(H,24,27)(H2,23,25,28,29). The normalized spacial score (nSPS) is 15.6. The van der Waals surface area contributed by atoms with Gasteiger partial charge in [-0.25, -0.2) is 4.79 Å². The zero-order valence-electron chi connectivity index (χ0n) is 17.8. The molecule has 2 rings (SSSR count). The third-order valence-electron chi connectivity index (χ3n) is 5.38. The van der Waals surface area contributed by atoms with Gasteiger partial charge in [0.25, 0.3) is 0 Å². The molecule has 1 unspecified atom stereocenters. The van der Waals surface area contributed by atoms with Crippen molar-refractivity contribution >= 4 is 23.5 Å². The maximum absolute atomic E-state index is 12.6. The Morgan fingerprint density at radius 2 is 1.83 bits per heavy atom. The molecule has 1 atom stereocenters. The van der Waals surface area contributed by atoms with Gasteiger partial charge >= 0.3 is 6.03 Å². The van der Waals surface area contributed by atoms with Gasteiger partial charge < -0.3 is 10.6 Å². The van der Waals surface area contributed by atoms with Crippen molar-refractivity contribution in [3.8, 4) is 0 Å². The number of nitrogens with zero attached hydrogens (tertiary/aromatic N) is 1. The Morgan fingerprint density at radius 1 is 1.14 bits per heavy atom. The maximum atomic E-state index is 12.6. The Bertz CT molecular complexity index is 701. The molecule has 1 aliphatic carbocycles. The van der Waals surface area contributed by atoms with Gasteiger partial charge in [0.1, 0.15) is 0 Å². The van der Waals surface area contributed by atoms with Crippen LogP contribution in [0.3, 0.4) is 0 Å². The lowest BCUT2D eigenvalue weighted by Gasteiger charge is -2.28. The number of amides is 4. The number of urea groups is 1. The fourth-order valence-electron chi connectivity index (χ4n) is 3.63. The van der Waals surface area contributed by atoms with Crippen LogP contribution >= 0.6 is 0 Å². The summed E-state index contributed by atoms with van der Waals surface area (Å²) in [6.07, 6.45) is 6.12. The van der Waals surface area contributed by atoms with Crippen molar-refractivity contribution in [1.82, 2.24) is 15.5 Å². The van der Waals surface area contributed by atoms with Gasteiger partial charge in [-0.15, -0.1) is 0 Å². The minimum Gasteiger partial charge on any atom is -0.335 e. The summed E-state index contributed by atoms with van der Waals surface area (Å²) in [4.78, 5) is 39.0. The molecule has 0 aromatic heterocycles. The number of carbonyl (C=O) groups excluding carboxylic acids is 3. The molecular formula is C22H34N4O3. The zero-order valence-corrected chi connectivity index (χ0v) is 17.8. The van der Waals surface area contributed by atoms with E-state index in [0.29, 0.717) is 6.54 Å². The first-order valence-corrected chi connectivity index (χ1v) is 10.6. The lowest BCUT2D eigenvalue weighted by Crippen LogP contribution is -2.53. The van der Waals surface area contributed by atoms with Crippen LogP contribution in [-0.4, -0.2) is 47.9 Å². The molecule has 3 N–H and O–H groups in total. The highest BCUT2D eigenvalue weighted by Crippen LogP contribution is 2.17. The second-order valence-electron chi connectivity index (χ2n) is 7.81. The number of nitrogens with one attached hydrogen (secondary N) is 3. The van der Waals surface area contributed by atoms with Gasteiger partial charge in [-0.2, -0.15) is 0 Å². The molecular weight excluding hydrogens is 368 g/mol. The van der Waals surface area contributed by atoms with Crippen LogP contribution in [0, 0.1) is 6.92 Å². The second-order valence-corrected chi connectivity index (χ2v) is 7.81. The number of carbonyl (C=O) groups is 3. The predicted molar refractivity (Wildman–Crippen MR) is 115 cm³/mol. The summed E-state index contributed by atoms with van der Waals surface area (Å²) in [7, 11) is 0. The number of hydrogen-bond acceptors (Lipinski definition) is 4. The van der Waals surface area contributed by atoms with Crippen molar-refractivity contribution in [2.24, 2.45) is 0 Å². The van der Waals surface area contributed by atoms with Crippen molar-refractivity contribution in [3.63, 3.8) is 0 Å². The third kappa shape index (κ3) is 7.49. The lowest BCUT2D eigenvalue weighted by molar-refractivity contribution is -0.126. The highest BCUT2D eigenvalue weighted by molar-refractivity contribution is 5.97. The Morgan fingerprint density at radius 3 is 2.48 bits per heavy atom. The zero-order chi connectivity index (χ0) is 21.2. The molecule has 1 aromatic carbocycles. The first-order valence-electron chi connectivity index (χ1n) is 10.6. The summed E-state index contributed by atoms with van der Waals surface area (Å²) in [5.74, 6) is -0.575. The number of hydrogen-bond donors (Lipinski definition) is 3. The van der Waals surface area contributed by atoms with E-state index < -0.39 is 18.0 Å². The summed E-state index contributed by atoms with van der Waals surface area (Å²) in [6, 6.07) is 6.67. The van der Waals surface area contributed by atoms with Gasteiger partial charge in [0.15, 0.2) is 0 Å². The molecule has 1 aromatic rings. The highest BCUT2D eigenvalue weighted by Gasteiger charge is 2.25. The Labute approximate surface area is 173 Å². The molecule has 0 radical (unpaired) electrons. The number of aryl methyl sites for hydroxylation is 1. The molecule has 1 aliphatic rings. The lowest BCUT2D eigenvalue weighted by atomic mass is 9.96. The quantitative estimate of drug-likeness (QED) is 0.623. The molecule has 0 bridgehead atoms. The van der Waals surface area contributed by atoms with Gasteiger partial charge in [-0.3, -0.25) is 19.8 Å². The molecule has 1 saturated carbocycles. The van der Waals surface area contributed by atoms with Gasteiger partial charge in [0.05, 0.1) is 12.6 Å². The summed E-state index contributed by atoms with van der Waals surface area (Å²) < 4.78 is 0. The predicted octanol–water partition coefficient (Wildman–Crippen LogP) is 3.19. The van der Waals surface area contributed by atoms with Crippen LogP contribution < -0.4 is 16.0 Å². The van der Waals surface area contributed by atoms with Crippen LogP contribution in [0.2, 0.25) is 0 Å². The monoisotopic (exact) mass is 402 g/mol. The minimum absolute atomic E-state index is 0.0843. The highest BCUT2D eigenvalue weighted by atomic mass is 16.2. The van der Waals surface area contributed by atoms with Crippen LogP contribution in [0.5, 0.6) is 0 Å². The van der Waals surface area contributed by atoms with Crippen molar-refractivity contribution in [3.05, 3.63) is 29.8 Å². The average molecular weight is 403 g/mol. The van der Waals surface area contributed by atoms with Crippen molar-refractivity contribution < 1.29 is 14.4 Å². The molecule has 0 aliphatic heterocycles. The van der Waals surface area contributed by atoms with Gasteiger partial charge in [-0.05, 0) is 51.3 Å². The maximum Gasteiger partial charge on any atom is 0.321 e. The Balaban J connectivity index is 1.88. The second kappa shape index (κ2) is 11.6. The molecule has 1 fully saturated rings. The van der Waals surface area contributed by atoms with E-state index in [1.807, 2.05) is 38.1 Å². The largest absolute Gasteiger partial charge is 0.335 e. The van der Waals surface area contributed by atoms with Crippen molar-refractivity contribution in [2.45, 2.75) is 71.4 Å².